The number of allylic oxidation sites excluding steroid dienone is 3. The van der Waals surface area contributed by atoms with Gasteiger partial charge in [0.2, 0.25) is 0 Å². The molecule has 34 heteroatoms. The molecular formula is C87H91BrCl6F3N15O9. The lowest BCUT2D eigenvalue weighted by Gasteiger charge is -2.41. The Morgan fingerprint density at radius 1 is 0.405 bits per heavy atom. The highest BCUT2D eigenvalue weighted by Gasteiger charge is 2.44. The van der Waals surface area contributed by atoms with Gasteiger partial charge in [-0.05, 0) is 153 Å². The Bertz CT molecular complexity index is 5190. The van der Waals surface area contributed by atoms with E-state index in [2.05, 4.69) is 45.8 Å². The molecule has 3 saturated heterocycles. The fourth-order valence-corrected chi connectivity index (χ4v) is 17.0. The number of alkyl halides is 1. The van der Waals surface area contributed by atoms with Gasteiger partial charge in [0.15, 0.2) is 0 Å². The normalized spacial score (nSPS) is 17.0. The summed E-state index contributed by atoms with van der Waals surface area (Å²) in [6.45, 7) is 23.9. The van der Waals surface area contributed by atoms with Crippen molar-refractivity contribution in [2.75, 3.05) is 147 Å². The zero-order valence-corrected chi connectivity index (χ0v) is 74.2. The number of amides is 3. The molecule has 3 aromatic heterocycles. The maximum absolute atomic E-state index is 14.3. The Balaban J connectivity index is 0.000000160. The first-order valence-corrected chi connectivity index (χ1v) is 42.8. The summed E-state index contributed by atoms with van der Waals surface area (Å²) in [5, 5.41) is 20.0. The first-order valence-electron chi connectivity index (χ1n) is 39.4. The molecule has 6 aromatic carbocycles. The number of carbonyl (C=O) groups is 6. The predicted octanol–water partition coefficient (Wildman–Crippen LogP) is 16.7. The van der Waals surface area contributed by atoms with Crippen molar-refractivity contribution in [2.45, 2.75) is 80.4 Å². The van der Waals surface area contributed by atoms with Crippen molar-refractivity contribution in [3.05, 3.63) is 261 Å². The summed E-state index contributed by atoms with van der Waals surface area (Å²) < 4.78 is 60.4. The molecule has 121 heavy (non-hydrogen) atoms. The minimum atomic E-state index is -0.657. The van der Waals surface area contributed by atoms with Gasteiger partial charge in [0.1, 0.15) is 71.5 Å². The van der Waals surface area contributed by atoms with Crippen LogP contribution in [0, 0.1) is 38.2 Å². The second kappa shape index (κ2) is 40.2. The summed E-state index contributed by atoms with van der Waals surface area (Å²) in [4.78, 5) is 93.4. The van der Waals surface area contributed by atoms with Gasteiger partial charge in [-0.3, -0.25) is 28.8 Å². The van der Waals surface area contributed by atoms with Gasteiger partial charge in [-0.15, -0.1) is 0 Å². The Labute approximate surface area is 738 Å². The molecule has 15 rings (SSSR count). The minimum Gasteiger partial charge on any atom is -0.465 e. The Kier molecular flexibility index (Phi) is 29.9. The van der Waals surface area contributed by atoms with E-state index >= 15 is 0 Å². The number of esters is 3. The van der Waals surface area contributed by atoms with Crippen molar-refractivity contribution in [3.63, 3.8) is 0 Å². The Morgan fingerprint density at radius 2 is 0.702 bits per heavy atom. The molecule has 0 aliphatic carbocycles. The van der Waals surface area contributed by atoms with Gasteiger partial charge < -0.3 is 58.7 Å². The summed E-state index contributed by atoms with van der Waals surface area (Å²) in [6.07, 6.45) is 0. The second-order valence-electron chi connectivity index (χ2n) is 29.1. The number of hydrogen-bond acceptors (Lipinski definition) is 18. The van der Waals surface area contributed by atoms with Crippen LogP contribution in [-0.2, 0) is 43.0 Å². The number of nitrogens with zero attached hydrogens (tertiary/aromatic N) is 14. The number of fused-ring (bicyclic) bond motifs is 3. The number of aromatic nitrogens is 6. The van der Waals surface area contributed by atoms with E-state index in [9.17, 15) is 41.9 Å². The molecule has 3 amide bonds. The van der Waals surface area contributed by atoms with Crippen LogP contribution in [0.3, 0.4) is 0 Å². The molecule has 9 aromatic rings. The fraction of sp³-hybridized carbons (Fsp3) is 0.345. The van der Waals surface area contributed by atoms with Crippen LogP contribution in [0.2, 0.25) is 30.1 Å². The highest BCUT2D eigenvalue weighted by atomic mass is 79.9. The topological polar surface area (TPSA) is 222 Å². The highest BCUT2D eigenvalue weighted by molar-refractivity contribution is 9.09. The number of benzene rings is 6. The summed E-state index contributed by atoms with van der Waals surface area (Å²) in [5.74, 6) is -0.174. The van der Waals surface area contributed by atoms with Gasteiger partial charge in [-0.25, -0.2) is 27.2 Å². The third-order valence-electron chi connectivity index (χ3n) is 21.3. The number of rotatable bonds is 17. The molecule has 3 unspecified atom stereocenters. The van der Waals surface area contributed by atoms with Crippen molar-refractivity contribution in [3.8, 4) is 0 Å². The van der Waals surface area contributed by atoms with E-state index in [1.54, 1.807) is 116 Å². The minimum absolute atomic E-state index is 0.0661. The molecule has 1 N–H and O–H groups in total. The molecule has 0 spiro atoms. The summed E-state index contributed by atoms with van der Waals surface area (Å²) >= 11 is 42.2. The standard InChI is InChI=1S/2C29H30Cl2FN5O3.C25H24Cl2FN5O.C4H7BrO2/c2*1-4-40-25(38)17-36-19(3)26(29(39)35-14-12-34(13-15-35)21-10-8-20(32)9-11-21)28(37-24(36)16-18(2)33-37)22-6-5-7-23(30)27(22)31;1-15-14-21-29-16(2)22(24(33(21)30-15)19-4-3-5-20(26)23(19)27)25(34)32-12-10-31(11-13-32)18-8-6-17(28)7-9-18;1-2-7-4(6)3-5/h2*5-11,16,28H,4,12-15,17H2,1-3H3;3-9,14,24,29H,10-13H2,1-2H3;2-3H2,1H3. The van der Waals surface area contributed by atoms with Crippen molar-refractivity contribution in [1.82, 2.24) is 44.0 Å². The summed E-state index contributed by atoms with van der Waals surface area (Å²) in [7, 11) is 0. The molecule has 3 atom stereocenters. The van der Waals surface area contributed by atoms with E-state index in [-0.39, 0.29) is 67.4 Å². The van der Waals surface area contributed by atoms with Crippen LogP contribution < -0.4 is 29.8 Å². The molecule has 0 radical (unpaired) electrons. The zero-order valence-electron chi connectivity index (χ0n) is 68.0. The average Bonchev–Trinajstić information content (AvgIpc) is 1.74. The number of ether oxygens (including phenoxy) is 3. The molecule has 6 aliphatic rings. The van der Waals surface area contributed by atoms with Gasteiger partial charge in [0.05, 0.1) is 83.8 Å². The molecule has 3 fully saturated rings. The van der Waals surface area contributed by atoms with E-state index in [4.69, 9.17) is 89.3 Å². The molecule has 24 nitrogen and oxygen atoms in total. The maximum Gasteiger partial charge on any atom is 0.326 e. The number of piperazine rings is 3. The molecule has 0 saturated carbocycles. The van der Waals surface area contributed by atoms with Crippen molar-refractivity contribution >= 4 is 156 Å². The number of halogens is 10. The second-order valence-corrected chi connectivity index (χ2v) is 32.0. The SMILES string of the molecule is CC1=C(C(=O)N2CCN(c3ccc(F)cc3)CC2)C(c2cccc(Cl)c2Cl)n2nc(C)cc2N1.CCOC(=O)CBr.CCOC(=O)CN1C(C)=C(C(=O)N2CCN(c3ccc(F)cc3)CC2)C(c2cccc(Cl)c2Cl)n2nc(C)cc21.CCOC(=O)CN1C(C)=C(C(=O)N2CCN(c3ccc(F)cc3)CC2)C(c2cccc(Cl)c2Cl)n2nc(C)cc21. The molecule has 6 aliphatic heterocycles. The number of aryl methyl sites for hydroxylation is 3. The number of nitrogens with one attached hydrogen (secondary N) is 1. The highest BCUT2D eigenvalue weighted by Crippen LogP contribution is 2.48. The zero-order chi connectivity index (χ0) is 86.8. The first-order chi connectivity index (χ1) is 58.0. The van der Waals surface area contributed by atoms with Gasteiger partial charge in [-0.1, -0.05) is 122 Å². The van der Waals surface area contributed by atoms with Gasteiger partial charge >= 0.3 is 17.9 Å². The average molecular weight is 1840 g/mol. The van der Waals surface area contributed by atoms with E-state index in [1.807, 2.05) is 93.6 Å². The number of anilines is 6. The lowest BCUT2D eigenvalue weighted by molar-refractivity contribution is -0.142. The molecule has 0 bridgehead atoms. The number of hydrogen-bond donors (Lipinski definition) is 1. The van der Waals surface area contributed by atoms with Crippen LogP contribution in [-0.4, -0.2) is 196 Å². The van der Waals surface area contributed by atoms with Crippen LogP contribution in [0.15, 0.2) is 179 Å². The molecule has 9 heterocycles. The van der Waals surface area contributed by atoms with Crippen LogP contribution in [0.1, 0.15) is 93.4 Å². The van der Waals surface area contributed by atoms with Crippen LogP contribution in [0.4, 0.5) is 47.7 Å². The Morgan fingerprint density at radius 3 is 1.02 bits per heavy atom. The van der Waals surface area contributed by atoms with Crippen LogP contribution in [0.25, 0.3) is 0 Å². The number of carbonyl (C=O) groups excluding carboxylic acids is 6. The molecule has 638 valence electrons. The van der Waals surface area contributed by atoms with E-state index < -0.39 is 30.1 Å². The van der Waals surface area contributed by atoms with Crippen LogP contribution in [0.5, 0.6) is 0 Å². The third-order valence-corrected chi connectivity index (χ3v) is 24.3. The van der Waals surface area contributed by atoms with Gasteiger partial charge in [0, 0.05) is 148 Å². The lowest BCUT2D eigenvalue weighted by atomic mass is 9.93. The van der Waals surface area contributed by atoms with E-state index in [0.29, 0.717) is 171 Å². The fourth-order valence-electron chi connectivity index (χ4n) is 15.6. The predicted molar refractivity (Wildman–Crippen MR) is 470 cm³/mol. The largest absolute Gasteiger partial charge is 0.465 e. The quantitative estimate of drug-likeness (QED) is 0.0508. The van der Waals surface area contributed by atoms with Crippen molar-refractivity contribution < 1.29 is 56.1 Å². The maximum atomic E-state index is 14.3. The smallest absolute Gasteiger partial charge is 0.326 e. The molecular weight excluding hydrogens is 1750 g/mol. The lowest BCUT2D eigenvalue weighted by Crippen LogP contribution is -2.51. The third kappa shape index (κ3) is 20.3. The van der Waals surface area contributed by atoms with E-state index in [0.717, 1.165) is 51.2 Å². The Hall–Kier alpha value is -10.2. The summed E-state index contributed by atoms with van der Waals surface area (Å²) in [6, 6.07) is 39.2. The van der Waals surface area contributed by atoms with Crippen LogP contribution >= 0.6 is 85.5 Å². The van der Waals surface area contributed by atoms with Crippen molar-refractivity contribution in [1.29, 1.82) is 0 Å². The monoisotopic (exact) mass is 1840 g/mol. The van der Waals surface area contributed by atoms with Crippen molar-refractivity contribution in [2.24, 2.45) is 0 Å². The van der Waals surface area contributed by atoms with Gasteiger partial charge in [-0.2, -0.15) is 15.3 Å². The van der Waals surface area contributed by atoms with E-state index in [1.165, 1.54) is 36.4 Å². The summed E-state index contributed by atoms with van der Waals surface area (Å²) in [5.41, 5.74) is 10.6. The van der Waals surface area contributed by atoms with Gasteiger partial charge in [0.25, 0.3) is 17.7 Å². The first kappa shape index (κ1) is 90.0.